The molecular formula is C18H19N5O3. The van der Waals surface area contributed by atoms with Gasteiger partial charge in [-0.15, -0.1) is 0 Å². The van der Waals surface area contributed by atoms with E-state index in [-0.39, 0.29) is 30.8 Å². The van der Waals surface area contributed by atoms with Crippen molar-refractivity contribution in [1.29, 1.82) is 0 Å². The monoisotopic (exact) mass is 353 g/mol. The first-order valence-corrected chi connectivity index (χ1v) is 8.55. The van der Waals surface area contributed by atoms with Gasteiger partial charge >= 0.3 is 0 Å². The molecule has 2 N–H and O–H groups in total. The fourth-order valence-electron chi connectivity index (χ4n) is 3.38. The maximum Gasteiger partial charge on any atom is 0.274 e. The summed E-state index contributed by atoms with van der Waals surface area (Å²) in [5.74, 6) is -0.844. The minimum absolute atomic E-state index is 0.152. The van der Waals surface area contributed by atoms with Crippen LogP contribution in [0.1, 0.15) is 42.5 Å². The van der Waals surface area contributed by atoms with Crippen molar-refractivity contribution in [1.82, 2.24) is 25.3 Å². The van der Waals surface area contributed by atoms with Crippen molar-refractivity contribution in [2.24, 2.45) is 0 Å². The largest absolute Gasteiger partial charge is 0.339 e. The van der Waals surface area contributed by atoms with E-state index < -0.39 is 0 Å². The zero-order valence-corrected chi connectivity index (χ0v) is 14.4. The quantitative estimate of drug-likeness (QED) is 0.777. The molecule has 1 aromatic heterocycles. The van der Waals surface area contributed by atoms with Gasteiger partial charge in [0.2, 0.25) is 0 Å². The second-order valence-corrected chi connectivity index (χ2v) is 6.49. The summed E-state index contributed by atoms with van der Waals surface area (Å²) in [7, 11) is 1.65. The molecule has 134 valence electrons. The van der Waals surface area contributed by atoms with E-state index in [0.717, 1.165) is 24.2 Å². The molecule has 1 aromatic carbocycles. The summed E-state index contributed by atoms with van der Waals surface area (Å²) < 4.78 is 0. The second-order valence-electron chi connectivity index (χ2n) is 6.49. The maximum absolute atomic E-state index is 12.7. The van der Waals surface area contributed by atoms with Crippen LogP contribution in [0.3, 0.4) is 0 Å². The van der Waals surface area contributed by atoms with E-state index in [2.05, 4.69) is 15.5 Å². The number of nitrogens with one attached hydrogen (secondary N) is 2. The molecule has 8 heteroatoms. The number of benzene rings is 1. The van der Waals surface area contributed by atoms with E-state index in [9.17, 15) is 14.4 Å². The fourth-order valence-corrected chi connectivity index (χ4v) is 3.38. The van der Waals surface area contributed by atoms with Crippen LogP contribution in [0.2, 0.25) is 0 Å². The number of carbonyl (C=O) groups is 3. The first kappa shape index (κ1) is 16.5. The molecule has 0 radical (unpaired) electrons. The number of H-pyrrole nitrogens is 1. The first-order valence-electron chi connectivity index (χ1n) is 8.55. The Labute approximate surface area is 150 Å². The van der Waals surface area contributed by atoms with Crippen LogP contribution >= 0.6 is 0 Å². The normalized spacial score (nSPS) is 15.8. The third kappa shape index (κ3) is 2.59. The number of hydrogen-bond donors (Lipinski definition) is 2. The summed E-state index contributed by atoms with van der Waals surface area (Å²) in [6.45, 7) is 1.87. The predicted molar refractivity (Wildman–Crippen MR) is 92.8 cm³/mol. The summed E-state index contributed by atoms with van der Waals surface area (Å²) in [4.78, 5) is 40.1. The van der Waals surface area contributed by atoms with Crippen LogP contribution in [0.15, 0.2) is 24.3 Å². The molecule has 3 heterocycles. The van der Waals surface area contributed by atoms with Crippen LogP contribution in [0.5, 0.6) is 0 Å². The number of carbonyl (C=O) groups excluding carboxylic acids is 3. The van der Waals surface area contributed by atoms with Crippen LogP contribution in [-0.2, 0) is 13.0 Å². The summed E-state index contributed by atoms with van der Waals surface area (Å²) >= 11 is 0. The van der Waals surface area contributed by atoms with Crippen molar-refractivity contribution in [3.05, 3.63) is 52.3 Å². The van der Waals surface area contributed by atoms with Crippen molar-refractivity contribution in [3.63, 3.8) is 0 Å². The van der Waals surface area contributed by atoms with E-state index >= 15 is 0 Å². The predicted octanol–water partition coefficient (Wildman–Crippen LogP) is 0.424. The molecule has 4 rings (SSSR count). The number of imide groups is 1. The highest BCUT2D eigenvalue weighted by molar-refractivity contribution is 6.21. The summed E-state index contributed by atoms with van der Waals surface area (Å²) in [5, 5.41) is 10.3. The SMILES string of the molecule is CN(CCN1C(=O)c2ccccc2C1=O)C(=O)c1n[nH]c2c1CNCC2. The van der Waals surface area contributed by atoms with Gasteiger partial charge in [0.25, 0.3) is 17.7 Å². The van der Waals surface area contributed by atoms with E-state index in [4.69, 9.17) is 0 Å². The van der Waals surface area contributed by atoms with Gasteiger partial charge in [0.1, 0.15) is 0 Å². The number of nitrogens with zero attached hydrogens (tertiary/aromatic N) is 3. The smallest absolute Gasteiger partial charge is 0.274 e. The minimum atomic E-state index is -0.312. The molecule has 3 amide bonds. The van der Waals surface area contributed by atoms with Crippen LogP contribution < -0.4 is 5.32 Å². The summed E-state index contributed by atoms with van der Waals surface area (Å²) in [5.41, 5.74) is 3.12. The maximum atomic E-state index is 12.7. The number of hydrogen-bond acceptors (Lipinski definition) is 5. The Balaban J connectivity index is 1.44. The average Bonchev–Trinajstić information content (AvgIpc) is 3.20. The molecule has 26 heavy (non-hydrogen) atoms. The summed E-state index contributed by atoms with van der Waals surface area (Å²) in [6.07, 6.45) is 0.814. The minimum Gasteiger partial charge on any atom is -0.339 e. The molecule has 2 aromatic rings. The van der Waals surface area contributed by atoms with E-state index in [1.165, 1.54) is 9.80 Å². The van der Waals surface area contributed by atoms with Crippen LogP contribution in [0.25, 0.3) is 0 Å². The molecule has 2 aliphatic rings. The van der Waals surface area contributed by atoms with Gasteiger partial charge in [-0.25, -0.2) is 0 Å². The van der Waals surface area contributed by atoms with Gasteiger partial charge in [-0.05, 0) is 12.1 Å². The molecule has 0 saturated heterocycles. The average molecular weight is 353 g/mol. The number of likely N-dealkylation sites (N-methyl/N-ethyl adjacent to an activating group) is 1. The first-order chi connectivity index (χ1) is 12.6. The molecular weight excluding hydrogens is 334 g/mol. The summed E-state index contributed by atoms with van der Waals surface area (Å²) in [6, 6.07) is 6.76. The van der Waals surface area contributed by atoms with Crippen LogP contribution in [-0.4, -0.2) is 64.4 Å². The van der Waals surface area contributed by atoms with Gasteiger partial charge in [0.05, 0.1) is 11.1 Å². The van der Waals surface area contributed by atoms with Crippen molar-refractivity contribution >= 4 is 17.7 Å². The highest BCUT2D eigenvalue weighted by atomic mass is 16.2. The topological polar surface area (TPSA) is 98.4 Å². The molecule has 0 fully saturated rings. The lowest BCUT2D eigenvalue weighted by Crippen LogP contribution is -2.39. The Morgan fingerprint density at radius 2 is 1.92 bits per heavy atom. The number of fused-ring (bicyclic) bond motifs is 2. The number of aromatic nitrogens is 2. The molecule has 2 aliphatic heterocycles. The lowest BCUT2D eigenvalue weighted by Gasteiger charge is -2.21. The van der Waals surface area contributed by atoms with E-state index in [1.54, 1.807) is 31.3 Å². The number of aromatic amines is 1. The van der Waals surface area contributed by atoms with Gasteiger partial charge in [-0.1, -0.05) is 12.1 Å². The molecule has 0 bridgehead atoms. The Morgan fingerprint density at radius 1 is 1.23 bits per heavy atom. The number of amides is 3. The fraction of sp³-hybridized carbons (Fsp3) is 0.333. The molecule has 0 atom stereocenters. The number of rotatable bonds is 4. The van der Waals surface area contributed by atoms with Crippen molar-refractivity contribution in [2.75, 3.05) is 26.7 Å². The standard InChI is InChI=1S/C18H19N5O3/c1-22(18(26)15-13-10-19-7-6-14(13)20-21-15)8-9-23-16(24)11-4-2-3-5-12(11)17(23)25/h2-5,19H,6-10H2,1H3,(H,20,21). The van der Waals surface area contributed by atoms with Gasteiger partial charge in [0, 0.05) is 50.9 Å². The Morgan fingerprint density at radius 3 is 2.62 bits per heavy atom. The zero-order valence-electron chi connectivity index (χ0n) is 14.4. The van der Waals surface area contributed by atoms with Crippen molar-refractivity contribution in [2.45, 2.75) is 13.0 Å². The lowest BCUT2D eigenvalue weighted by molar-refractivity contribution is 0.0612. The Hall–Kier alpha value is -3.00. The Bertz CT molecular complexity index is 869. The third-order valence-corrected chi connectivity index (χ3v) is 4.89. The molecule has 8 nitrogen and oxygen atoms in total. The van der Waals surface area contributed by atoms with Crippen molar-refractivity contribution < 1.29 is 14.4 Å². The Kier molecular flexibility index (Phi) is 4.04. The molecule has 0 aliphatic carbocycles. The highest BCUT2D eigenvalue weighted by Gasteiger charge is 2.35. The van der Waals surface area contributed by atoms with Crippen LogP contribution in [0, 0.1) is 0 Å². The molecule has 0 spiro atoms. The molecule has 0 saturated carbocycles. The van der Waals surface area contributed by atoms with Gasteiger partial charge in [-0.3, -0.25) is 24.4 Å². The zero-order chi connectivity index (χ0) is 18.3. The van der Waals surface area contributed by atoms with Crippen molar-refractivity contribution in [3.8, 4) is 0 Å². The van der Waals surface area contributed by atoms with Crippen LogP contribution in [0.4, 0.5) is 0 Å². The third-order valence-electron chi connectivity index (χ3n) is 4.89. The molecule has 0 unspecified atom stereocenters. The van der Waals surface area contributed by atoms with Gasteiger partial charge < -0.3 is 10.2 Å². The van der Waals surface area contributed by atoms with Gasteiger partial charge in [0.15, 0.2) is 5.69 Å². The highest BCUT2D eigenvalue weighted by Crippen LogP contribution is 2.22. The lowest BCUT2D eigenvalue weighted by atomic mass is 10.1. The van der Waals surface area contributed by atoms with E-state index in [1.807, 2.05) is 0 Å². The van der Waals surface area contributed by atoms with Gasteiger partial charge in [-0.2, -0.15) is 5.10 Å². The second kappa shape index (κ2) is 6.38. The van der Waals surface area contributed by atoms with E-state index in [0.29, 0.717) is 23.4 Å².